The summed E-state index contributed by atoms with van der Waals surface area (Å²) in [4.78, 5) is 0. The molecule has 2 saturated carbocycles. The number of rotatable bonds is 2. The molecule has 12 heavy (non-hydrogen) atoms. The molecule has 1 nitrogen and oxygen atoms in total. The van der Waals surface area contributed by atoms with Gasteiger partial charge in [0.2, 0.25) is 0 Å². The first-order valence-electron chi connectivity index (χ1n) is 4.98. The lowest BCUT2D eigenvalue weighted by Crippen LogP contribution is -2.18. The van der Waals surface area contributed by atoms with E-state index in [1.54, 1.807) is 0 Å². The van der Waals surface area contributed by atoms with E-state index in [0.29, 0.717) is 11.8 Å². The molecule has 2 aliphatic carbocycles. The van der Waals surface area contributed by atoms with Crippen molar-refractivity contribution in [3.05, 3.63) is 11.6 Å². The molecule has 1 unspecified atom stereocenters. The molecule has 0 aromatic rings. The zero-order chi connectivity index (χ0) is 8.77. The van der Waals surface area contributed by atoms with Crippen LogP contribution in [0.3, 0.4) is 0 Å². The summed E-state index contributed by atoms with van der Waals surface area (Å²) in [5.41, 5.74) is 1.15. The molecule has 0 spiro atoms. The molecule has 0 aromatic carbocycles. The van der Waals surface area contributed by atoms with Gasteiger partial charge in [-0.2, -0.15) is 0 Å². The van der Waals surface area contributed by atoms with E-state index in [1.807, 2.05) is 0 Å². The van der Waals surface area contributed by atoms with Crippen molar-refractivity contribution in [2.75, 3.05) is 0 Å². The molecule has 1 N–H and O–H groups in total. The molecule has 0 aliphatic heterocycles. The molecule has 0 saturated heterocycles. The highest BCUT2D eigenvalue weighted by Gasteiger charge is 2.61. The van der Waals surface area contributed by atoms with Crippen molar-refractivity contribution in [3.63, 3.8) is 0 Å². The lowest BCUT2D eigenvalue weighted by atomic mass is 9.96. The van der Waals surface area contributed by atoms with Crippen molar-refractivity contribution in [1.82, 2.24) is 0 Å². The van der Waals surface area contributed by atoms with Crippen molar-refractivity contribution in [2.45, 2.75) is 45.1 Å². The maximum atomic E-state index is 10.0. The molecule has 2 fully saturated rings. The van der Waals surface area contributed by atoms with Gasteiger partial charge < -0.3 is 5.11 Å². The van der Waals surface area contributed by atoms with Gasteiger partial charge in [0.15, 0.2) is 0 Å². The van der Waals surface area contributed by atoms with E-state index in [0.717, 1.165) is 12.8 Å². The summed E-state index contributed by atoms with van der Waals surface area (Å²) < 4.78 is 0. The molecule has 0 heterocycles. The summed E-state index contributed by atoms with van der Waals surface area (Å²) in [6, 6.07) is 0. The van der Waals surface area contributed by atoms with Gasteiger partial charge in [-0.15, -0.1) is 0 Å². The van der Waals surface area contributed by atoms with Crippen molar-refractivity contribution in [2.24, 2.45) is 11.8 Å². The van der Waals surface area contributed by atoms with E-state index >= 15 is 0 Å². The van der Waals surface area contributed by atoms with Crippen molar-refractivity contribution in [3.8, 4) is 0 Å². The van der Waals surface area contributed by atoms with Crippen LogP contribution in [0.15, 0.2) is 11.6 Å². The highest BCUT2D eigenvalue weighted by atomic mass is 16.3. The SMILES string of the molecule is CC(C)=CC[C@@H]1CCC2C[C@]21O. The van der Waals surface area contributed by atoms with Gasteiger partial charge in [-0.25, -0.2) is 0 Å². The predicted octanol–water partition coefficient (Wildman–Crippen LogP) is 2.50. The average Bonchev–Trinajstić information content (AvgIpc) is 2.54. The zero-order valence-corrected chi connectivity index (χ0v) is 8.01. The summed E-state index contributed by atoms with van der Waals surface area (Å²) in [5.74, 6) is 1.23. The highest BCUT2D eigenvalue weighted by molar-refractivity contribution is 5.14. The summed E-state index contributed by atoms with van der Waals surface area (Å²) >= 11 is 0. The van der Waals surface area contributed by atoms with E-state index in [2.05, 4.69) is 19.9 Å². The Bertz CT molecular complexity index is 213. The van der Waals surface area contributed by atoms with Gasteiger partial charge in [-0.1, -0.05) is 11.6 Å². The summed E-state index contributed by atoms with van der Waals surface area (Å²) in [5, 5.41) is 10.0. The van der Waals surface area contributed by atoms with Crippen LogP contribution in [0, 0.1) is 11.8 Å². The number of hydrogen-bond acceptors (Lipinski definition) is 1. The number of allylic oxidation sites excluding steroid dienone is 2. The van der Waals surface area contributed by atoms with Crippen LogP contribution < -0.4 is 0 Å². The fourth-order valence-electron chi connectivity index (χ4n) is 2.54. The summed E-state index contributed by atoms with van der Waals surface area (Å²) in [7, 11) is 0. The monoisotopic (exact) mass is 166 g/mol. The first-order chi connectivity index (χ1) is 5.63. The Morgan fingerprint density at radius 3 is 2.67 bits per heavy atom. The number of aliphatic hydroxyl groups is 1. The lowest BCUT2D eigenvalue weighted by molar-refractivity contribution is 0.0903. The first kappa shape index (κ1) is 8.31. The smallest absolute Gasteiger partial charge is 0.0711 e. The third-order valence-corrected chi connectivity index (χ3v) is 3.50. The van der Waals surface area contributed by atoms with Gasteiger partial charge in [0.25, 0.3) is 0 Å². The third kappa shape index (κ3) is 1.20. The molecular formula is C11H18O. The van der Waals surface area contributed by atoms with E-state index in [4.69, 9.17) is 0 Å². The highest BCUT2D eigenvalue weighted by Crippen LogP contribution is 2.60. The minimum Gasteiger partial charge on any atom is -0.389 e. The van der Waals surface area contributed by atoms with Crippen molar-refractivity contribution >= 4 is 0 Å². The van der Waals surface area contributed by atoms with Crippen LogP contribution in [0.4, 0.5) is 0 Å². The van der Waals surface area contributed by atoms with Crippen LogP contribution in [0.1, 0.15) is 39.5 Å². The normalized spacial score (nSPS) is 43.9. The molecule has 2 rings (SSSR count). The molecular weight excluding hydrogens is 148 g/mol. The van der Waals surface area contributed by atoms with Gasteiger partial charge in [-0.05, 0) is 51.4 Å². The van der Waals surface area contributed by atoms with Crippen LogP contribution in [0.25, 0.3) is 0 Å². The second-order valence-electron chi connectivity index (χ2n) is 4.68. The molecule has 1 heteroatoms. The second kappa shape index (κ2) is 2.59. The van der Waals surface area contributed by atoms with Gasteiger partial charge in [0.05, 0.1) is 5.60 Å². The standard InChI is InChI=1S/C11H18O/c1-8(2)3-4-9-5-6-10-7-11(9,10)12/h3,9-10,12H,4-7H2,1-2H3/t9-,10?,11-/m1/s1. The Morgan fingerprint density at radius 1 is 1.50 bits per heavy atom. The fraction of sp³-hybridized carbons (Fsp3) is 0.818. The van der Waals surface area contributed by atoms with Gasteiger partial charge in [0.1, 0.15) is 0 Å². The van der Waals surface area contributed by atoms with Crippen molar-refractivity contribution in [1.29, 1.82) is 0 Å². The zero-order valence-electron chi connectivity index (χ0n) is 8.01. The molecule has 0 bridgehead atoms. The largest absolute Gasteiger partial charge is 0.389 e. The molecule has 68 valence electrons. The Kier molecular flexibility index (Phi) is 1.80. The quantitative estimate of drug-likeness (QED) is 0.625. The Morgan fingerprint density at radius 2 is 2.25 bits per heavy atom. The topological polar surface area (TPSA) is 20.2 Å². The van der Waals surface area contributed by atoms with E-state index in [9.17, 15) is 5.11 Å². The third-order valence-electron chi connectivity index (χ3n) is 3.50. The predicted molar refractivity (Wildman–Crippen MR) is 49.8 cm³/mol. The van der Waals surface area contributed by atoms with Gasteiger partial charge in [0, 0.05) is 0 Å². The average molecular weight is 166 g/mol. The van der Waals surface area contributed by atoms with Crippen LogP contribution in [0.2, 0.25) is 0 Å². The number of hydrogen-bond donors (Lipinski definition) is 1. The molecule has 2 aliphatic rings. The first-order valence-corrected chi connectivity index (χ1v) is 4.98. The molecule has 3 atom stereocenters. The molecule has 0 amide bonds. The van der Waals surface area contributed by atoms with Crippen LogP contribution in [0.5, 0.6) is 0 Å². The minimum absolute atomic E-state index is 0.230. The second-order valence-corrected chi connectivity index (χ2v) is 4.68. The maximum absolute atomic E-state index is 10.0. The van der Waals surface area contributed by atoms with Gasteiger partial charge >= 0.3 is 0 Å². The fourth-order valence-corrected chi connectivity index (χ4v) is 2.54. The van der Waals surface area contributed by atoms with Crippen LogP contribution in [-0.2, 0) is 0 Å². The van der Waals surface area contributed by atoms with Crippen LogP contribution >= 0.6 is 0 Å². The molecule has 0 radical (unpaired) electrons. The van der Waals surface area contributed by atoms with E-state index in [1.165, 1.54) is 18.4 Å². The lowest BCUT2D eigenvalue weighted by Gasteiger charge is -2.15. The number of fused-ring (bicyclic) bond motifs is 1. The van der Waals surface area contributed by atoms with Crippen molar-refractivity contribution < 1.29 is 5.11 Å². The van der Waals surface area contributed by atoms with E-state index < -0.39 is 0 Å². The minimum atomic E-state index is -0.230. The summed E-state index contributed by atoms with van der Waals surface area (Å²) in [6.45, 7) is 4.26. The molecule has 0 aromatic heterocycles. The van der Waals surface area contributed by atoms with Gasteiger partial charge in [-0.3, -0.25) is 0 Å². The Hall–Kier alpha value is -0.300. The van der Waals surface area contributed by atoms with Crippen LogP contribution in [-0.4, -0.2) is 10.7 Å². The maximum Gasteiger partial charge on any atom is 0.0711 e. The Balaban J connectivity index is 1.93. The summed E-state index contributed by atoms with van der Waals surface area (Å²) in [6.07, 6.45) is 6.94. The Labute approximate surface area is 74.5 Å². The van der Waals surface area contributed by atoms with E-state index in [-0.39, 0.29) is 5.60 Å².